The van der Waals surface area contributed by atoms with Crippen molar-refractivity contribution in [1.29, 1.82) is 0 Å². The normalized spacial score (nSPS) is 14.2. The van der Waals surface area contributed by atoms with Crippen molar-refractivity contribution in [2.45, 2.75) is 5.51 Å². The van der Waals surface area contributed by atoms with Gasteiger partial charge >= 0.3 is 5.51 Å². The van der Waals surface area contributed by atoms with E-state index in [0.29, 0.717) is 0 Å². The Labute approximate surface area is 66.7 Å². The van der Waals surface area contributed by atoms with E-state index in [1.54, 1.807) is 0 Å². The van der Waals surface area contributed by atoms with E-state index >= 15 is 0 Å². The van der Waals surface area contributed by atoms with Crippen LogP contribution in [0.15, 0.2) is 25.0 Å². The standard InChI is InChI=1S/C4H4O2.CHF3S/c1-2-6-4-3-5-1;2-1(3,4)5/h1-4H;5H. The van der Waals surface area contributed by atoms with Crippen LogP contribution in [0.5, 0.6) is 0 Å². The van der Waals surface area contributed by atoms with E-state index in [1.807, 2.05) is 0 Å². The molecule has 1 aliphatic heterocycles. The minimum atomic E-state index is -4.31. The summed E-state index contributed by atoms with van der Waals surface area (Å²) in [6.45, 7) is 0. The van der Waals surface area contributed by atoms with Gasteiger partial charge in [0.05, 0.1) is 0 Å². The average Bonchev–Trinajstić information content (AvgIpc) is 1.88. The predicted octanol–water partition coefficient (Wildman–Crippen LogP) is 2.41. The summed E-state index contributed by atoms with van der Waals surface area (Å²) < 4.78 is 39.8. The maximum Gasteiger partial charge on any atom is 0.438 e. The fourth-order valence-electron chi connectivity index (χ4n) is 0.219. The second-order valence-corrected chi connectivity index (χ2v) is 1.79. The second-order valence-electron chi connectivity index (χ2n) is 1.28. The highest BCUT2D eigenvalue weighted by Gasteiger charge is 2.17. The number of halogens is 3. The highest BCUT2D eigenvalue weighted by molar-refractivity contribution is 7.81. The van der Waals surface area contributed by atoms with Gasteiger partial charge in [-0.05, 0) is 0 Å². The third kappa shape index (κ3) is 17.6. The molecule has 1 rings (SSSR count). The van der Waals surface area contributed by atoms with Gasteiger partial charge in [0.15, 0.2) is 0 Å². The van der Waals surface area contributed by atoms with Crippen LogP contribution in [0.25, 0.3) is 0 Å². The summed E-state index contributed by atoms with van der Waals surface area (Å²) in [7, 11) is 0. The van der Waals surface area contributed by atoms with Gasteiger partial charge in [-0.3, -0.25) is 0 Å². The number of hydrogen-bond acceptors (Lipinski definition) is 3. The van der Waals surface area contributed by atoms with Crippen LogP contribution in [0.2, 0.25) is 0 Å². The van der Waals surface area contributed by atoms with Gasteiger partial charge in [0.2, 0.25) is 0 Å². The van der Waals surface area contributed by atoms with Gasteiger partial charge in [0.25, 0.3) is 0 Å². The van der Waals surface area contributed by atoms with E-state index < -0.39 is 5.51 Å². The molecule has 11 heavy (non-hydrogen) atoms. The third-order valence-corrected chi connectivity index (χ3v) is 0.425. The quantitative estimate of drug-likeness (QED) is 0.585. The smallest absolute Gasteiger partial charge is 0.438 e. The van der Waals surface area contributed by atoms with Gasteiger partial charge in [-0.2, -0.15) is 13.2 Å². The SMILES string of the molecule is C1=COC=CO1.FC(F)(F)S. The lowest BCUT2D eigenvalue weighted by Crippen LogP contribution is -1.89. The third-order valence-electron chi connectivity index (χ3n) is 0.425. The molecule has 0 atom stereocenters. The molecule has 0 aromatic rings. The molecule has 0 saturated carbocycles. The summed E-state index contributed by atoms with van der Waals surface area (Å²) in [5, 5.41) is 0. The Bertz CT molecular complexity index is 126. The van der Waals surface area contributed by atoms with Crippen LogP contribution in [-0.2, 0) is 9.47 Å². The van der Waals surface area contributed by atoms with Gasteiger partial charge in [-0.1, -0.05) is 12.6 Å². The first-order valence-electron chi connectivity index (χ1n) is 2.40. The first-order valence-corrected chi connectivity index (χ1v) is 2.85. The Morgan fingerprint density at radius 2 is 1.09 bits per heavy atom. The van der Waals surface area contributed by atoms with Crippen LogP contribution in [0.1, 0.15) is 0 Å². The summed E-state index contributed by atoms with van der Waals surface area (Å²) in [6.07, 6.45) is 5.83. The highest BCUT2D eigenvalue weighted by Crippen LogP contribution is 2.17. The van der Waals surface area contributed by atoms with E-state index in [0.717, 1.165) is 0 Å². The Morgan fingerprint density at radius 3 is 1.18 bits per heavy atom. The van der Waals surface area contributed by atoms with Crippen molar-refractivity contribution in [3.05, 3.63) is 25.0 Å². The molecule has 0 aliphatic carbocycles. The minimum absolute atomic E-state index is 1.46. The van der Waals surface area contributed by atoms with E-state index in [9.17, 15) is 13.2 Å². The molecule has 0 aromatic carbocycles. The summed E-state index contributed by atoms with van der Waals surface area (Å²) >= 11 is 2.12. The first-order chi connectivity index (χ1) is 5.00. The largest absolute Gasteiger partial charge is 0.466 e. The molecular weight excluding hydrogens is 181 g/mol. The lowest BCUT2D eigenvalue weighted by atomic mass is 10.9. The zero-order chi connectivity index (χ0) is 8.74. The molecule has 0 radical (unpaired) electrons. The molecule has 0 unspecified atom stereocenters. The number of hydrogen-bond donors (Lipinski definition) is 1. The number of alkyl halides is 3. The molecule has 0 aromatic heterocycles. The van der Waals surface area contributed by atoms with Crippen LogP contribution < -0.4 is 0 Å². The first kappa shape index (κ1) is 10.2. The van der Waals surface area contributed by atoms with Gasteiger partial charge < -0.3 is 9.47 Å². The van der Waals surface area contributed by atoms with Gasteiger partial charge in [-0.25, -0.2) is 0 Å². The van der Waals surface area contributed by atoms with E-state index in [2.05, 4.69) is 22.1 Å². The lowest BCUT2D eigenvalue weighted by Gasteiger charge is -1.94. The Balaban J connectivity index is 0.000000187. The van der Waals surface area contributed by atoms with Crippen molar-refractivity contribution < 1.29 is 22.6 Å². The molecular formula is C5H5F3O2S. The van der Waals surface area contributed by atoms with Gasteiger partial charge in [0.1, 0.15) is 25.0 Å². The molecule has 1 heterocycles. The highest BCUT2D eigenvalue weighted by atomic mass is 32.1. The molecule has 0 spiro atoms. The zero-order valence-corrected chi connectivity index (χ0v) is 6.10. The van der Waals surface area contributed by atoms with Crippen molar-refractivity contribution in [2.75, 3.05) is 0 Å². The molecule has 0 amide bonds. The molecule has 0 fully saturated rings. The van der Waals surface area contributed by atoms with Crippen molar-refractivity contribution in [2.24, 2.45) is 0 Å². The lowest BCUT2D eigenvalue weighted by molar-refractivity contribution is -0.0303. The van der Waals surface area contributed by atoms with Crippen molar-refractivity contribution in [3.63, 3.8) is 0 Å². The van der Waals surface area contributed by atoms with Crippen LogP contribution in [0, 0.1) is 0 Å². The molecule has 64 valence electrons. The van der Waals surface area contributed by atoms with Crippen molar-refractivity contribution in [3.8, 4) is 0 Å². The van der Waals surface area contributed by atoms with Crippen LogP contribution in [0.4, 0.5) is 13.2 Å². The summed E-state index contributed by atoms with van der Waals surface area (Å²) in [6, 6.07) is 0. The van der Waals surface area contributed by atoms with Crippen LogP contribution >= 0.6 is 12.6 Å². The molecule has 0 N–H and O–H groups in total. The maximum atomic E-state index is 10.2. The summed E-state index contributed by atoms with van der Waals surface area (Å²) in [5.41, 5.74) is -4.31. The monoisotopic (exact) mass is 186 g/mol. The molecule has 6 heteroatoms. The van der Waals surface area contributed by atoms with E-state index in [-0.39, 0.29) is 0 Å². The Morgan fingerprint density at radius 1 is 0.909 bits per heavy atom. The van der Waals surface area contributed by atoms with Crippen LogP contribution in [0.3, 0.4) is 0 Å². The Kier molecular flexibility index (Phi) is 4.60. The fraction of sp³-hybridized carbons (Fsp3) is 0.200. The molecule has 1 aliphatic rings. The van der Waals surface area contributed by atoms with E-state index in [4.69, 9.17) is 0 Å². The van der Waals surface area contributed by atoms with Gasteiger partial charge in [-0.15, -0.1) is 0 Å². The zero-order valence-electron chi connectivity index (χ0n) is 5.21. The Hall–Kier alpha value is -0.780. The molecule has 0 bridgehead atoms. The summed E-state index contributed by atoms with van der Waals surface area (Å²) in [5.74, 6) is 0. The van der Waals surface area contributed by atoms with Gasteiger partial charge in [0, 0.05) is 0 Å². The maximum absolute atomic E-state index is 10.2. The minimum Gasteiger partial charge on any atom is -0.466 e. The molecule has 2 nitrogen and oxygen atoms in total. The van der Waals surface area contributed by atoms with Crippen LogP contribution in [-0.4, -0.2) is 5.51 Å². The second kappa shape index (κ2) is 4.95. The van der Waals surface area contributed by atoms with E-state index in [1.165, 1.54) is 25.0 Å². The van der Waals surface area contributed by atoms with Crippen molar-refractivity contribution >= 4 is 12.6 Å². The number of ether oxygens (including phenoxy) is 2. The summed E-state index contributed by atoms with van der Waals surface area (Å²) in [4.78, 5) is 0. The predicted molar refractivity (Wildman–Crippen MR) is 35.5 cm³/mol. The number of thiol groups is 1. The average molecular weight is 186 g/mol. The topological polar surface area (TPSA) is 18.5 Å². The molecule has 0 saturated heterocycles. The number of rotatable bonds is 0. The fourth-order valence-corrected chi connectivity index (χ4v) is 0.219. The van der Waals surface area contributed by atoms with Crippen molar-refractivity contribution in [1.82, 2.24) is 0 Å².